The van der Waals surface area contributed by atoms with Gasteiger partial charge in [0.1, 0.15) is 11.4 Å². The van der Waals surface area contributed by atoms with Gasteiger partial charge >= 0.3 is 0 Å². The van der Waals surface area contributed by atoms with Crippen LogP contribution in [0.2, 0.25) is 0 Å². The number of rotatable bonds is 4. The van der Waals surface area contributed by atoms with Gasteiger partial charge in [0.25, 0.3) is 0 Å². The smallest absolute Gasteiger partial charge is 0.127 e. The Morgan fingerprint density at radius 1 is 1.00 bits per heavy atom. The number of fused-ring (bicyclic) bond motifs is 1. The minimum Gasteiger partial charge on any atom is -0.354 e. The van der Waals surface area contributed by atoms with Gasteiger partial charge in [-0.25, -0.2) is 9.97 Å². The van der Waals surface area contributed by atoms with Crippen LogP contribution in [0, 0.1) is 6.92 Å². The van der Waals surface area contributed by atoms with Gasteiger partial charge in [-0.2, -0.15) is 0 Å². The van der Waals surface area contributed by atoms with Crippen molar-refractivity contribution < 1.29 is 1.43 Å². The molecule has 0 aliphatic heterocycles. The van der Waals surface area contributed by atoms with E-state index in [1.165, 1.54) is 5.56 Å². The molecule has 5 nitrogen and oxygen atoms in total. The zero-order chi connectivity index (χ0) is 18.4. The van der Waals surface area contributed by atoms with Gasteiger partial charge in [-0.05, 0) is 42.1 Å². The molecular formula is C22H21N5. The van der Waals surface area contributed by atoms with Gasteiger partial charge in [0.05, 0.1) is 18.2 Å². The molecule has 0 spiro atoms. The van der Waals surface area contributed by atoms with E-state index in [0.29, 0.717) is 0 Å². The molecule has 3 heterocycles. The molecule has 134 valence electrons. The van der Waals surface area contributed by atoms with Gasteiger partial charge < -0.3 is 9.88 Å². The summed E-state index contributed by atoms with van der Waals surface area (Å²) in [6.07, 6.45) is 11.8. The number of hydrogen-bond donors (Lipinski definition) is 1. The van der Waals surface area contributed by atoms with E-state index in [1.54, 1.807) is 0 Å². The third-order valence-corrected chi connectivity index (χ3v) is 5.04. The monoisotopic (exact) mass is 355 g/mol. The van der Waals surface area contributed by atoms with Crippen LogP contribution in [0.4, 0.5) is 5.82 Å². The minimum atomic E-state index is -0.256. The number of imidazole rings is 1. The molecule has 1 aliphatic carbocycles. The fraction of sp³-hybridized carbons (Fsp3) is 0.136. The van der Waals surface area contributed by atoms with Crippen LogP contribution in [-0.4, -0.2) is 19.5 Å². The van der Waals surface area contributed by atoms with Gasteiger partial charge in [0.2, 0.25) is 0 Å². The summed E-state index contributed by atoms with van der Waals surface area (Å²) in [5.41, 5.74) is 4.17. The number of hydrogen-bond acceptors (Lipinski definition) is 4. The van der Waals surface area contributed by atoms with Crippen LogP contribution in [-0.2, 0) is 12.6 Å². The van der Waals surface area contributed by atoms with Gasteiger partial charge in [0, 0.05) is 37.5 Å². The summed E-state index contributed by atoms with van der Waals surface area (Å²) < 4.78 is 2.02. The Bertz CT molecular complexity index is 1190. The van der Waals surface area contributed by atoms with Crippen molar-refractivity contribution in [1.29, 1.82) is 0 Å². The zero-order valence-corrected chi connectivity index (χ0v) is 15.2. The second-order valence-corrected chi connectivity index (χ2v) is 7.03. The molecule has 1 aliphatic rings. The molecule has 27 heavy (non-hydrogen) atoms. The van der Waals surface area contributed by atoms with E-state index in [2.05, 4.69) is 62.8 Å². The highest BCUT2D eigenvalue weighted by Crippen LogP contribution is 2.39. The summed E-state index contributed by atoms with van der Waals surface area (Å²) in [5, 5.41) is 5.82. The fourth-order valence-electron chi connectivity index (χ4n) is 3.45. The SMILES string of the molecule is Cc1cc(C2(Nc3cc4cc(-c5cncn5C)ccc4cn3)C=C2)ccn1.[HH]. The predicted octanol–water partition coefficient (Wildman–Crippen LogP) is 4.46. The highest BCUT2D eigenvalue weighted by Gasteiger charge is 2.36. The predicted molar refractivity (Wildman–Crippen MR) is 109 cm³/mol. The van der Waals surface area contributed by atoms with E-state index >= 15 is 0 Å². The van der Waals surface area contributed by atoms with Crippen molar-refractivity contribution in [2.24, 2.45) is 7.05 Å². The van der Waals surface area contributed by atoms with Crippen molar-refractivity contribution in [3.8, 4) is 11.3 Å². The summed E-state index contributed by atoms with van der Waals surface area (Å²) in [7, 11) is 2.01. The molecule has 0 saturated heterocycles. The van der Waals surface area contributed by atoms with Crippen LogP contribution in [0.25, 0.3) is 22.0 Å². The maximum Gasteiger partial charge on any atom is 0.127 e. The van der Waals surface area contributed by atoms with Gasteiger partial charge in [-0.3, -0.25) is 4.98 Å². The van der Waals surface area contributed by atoms with Crippen LogP contribution < -0.4 is 5.32 Å². The molecule has 0 amide bonds. The first-order valence-corrected chi connectivity index (χ1v) is 8.91. The summed E-state index contributed by atoms with van der Waals surface area (Å²) in [6.45, 7) is 2.01. The summed E-state index contributed by atoms with van der Waals surface area (Å²) in [5.74, 6) is 0.851. The average molecular weight is 355 g/mol. The number of nitrogens with zero attached hydrogens (tertiary/aromatic N) is 4. The number of aryl methyl sites for hydroxylation is 2. The normalized spacial score (nSPS) is 14.4. The second-order valence-electron chi connectivity index (χ2n) is 7.03. The lowest BCUT2D eigenvalue weighted by molar-refractivity contribution is 0.872. The minimum absolute atomic E-state index is 0. The van der Waals surface area contributed by atoms with E-state index in [0.717, 1.165) is 33.5 Å². The molecule has 0 fully saturated rings. The number of benzene rings is 1. The largest absolute Gasteiger partial charge is 0.354 e. The Balaban J connectivity index is 0.00000192. The lowest BCUT2D eigenvalue weighted by Crippen LogP contribution is -2.21. The van der Waals surface area contributed by atoms with Crippen molar-refractivity contribution in [3.05, 3.63) is 84.7 Å². The molecule has 0 atom stereocenters. The number of anilines is 1. The number of nitrogens with one attached hydrogen (secondary N) is 1. The van der Waals surface area contributed by atoms with Crippen LogP contribution in [0.1, 0.15) is 12.7 Å². The third kappa shape index (κ3) is 2.77. The lowest BCUT2D eigenvalue weighted by Gasteiger charge is -2.20. The molecule has 0 bridgehead atoms. The molecule has 5 rings (SSSR count). The lowest BCUT2D eigenvalue weighted by atomic mass is 10.0. The van der Waals surface area contributed by atoms with Crippen molar-refractivity contribution >= 4 is 16.6 Å². The van der Waals surface area contributed by atoms with Crippen LogP contribution in [0.3, 0.4) is 0 Å². The standard InChI is InChI=1S/C22H19N5.H2/c1-15-9-19(5-8-24-15)22(6-7-22)26-21-11-18-10-16(3-4-17(18)12-25-21)20-13-23-14-27(20)2;/h3-14H,1-2H3,(H,25,26);1H. The Labute approximate surface area is 158 Å². The highest BCUT2D eigenvalue weighted by atomic mass is 15.1. The Kier molecular flexibility index (Phi) is 3.37. The molecule has 1 aromatic carbocycles. The van der Waals surface area contributed by atoms with Crippen LogP contribution in [0.15, 0.2) is 73.5 Å². The fourth-order valence-corrected chi connectivity index (χ4v) is 3.45. The van der Waals surface area contributed by atoms with Gasteiger partial charge in [-0.15, -0.1) is 0 Å². The van der Waals surface area contributed by atoms with Crippen molar-refractivity contribution in [2.75, 3.05) is 5.32 Å². The first-order chi connectivity index (χ1) is 13.1. The van der Waals surface area contributed by atoms with Crippen molar-refractivity contribution in [3.63, 3.8) is 0 Å². The Morgan fingerprint density at radius 2 is 1.89 bits per heavy atom. The highest BCUT2D eigenvalue weighted by molar-refractivity contribution is 5.88. The Hall–Kier alpha value is -3.47. The van der Waals surface area contributed by atoms with Crippen LogP contribution >= 0.6 is 0 Å². The summed E-state index contributed by atoms with van der Waals surface area (Å²) in [4.78, 5) is 13.1. The maximum absolute atomic E-state index is 4.61. The van der Waals surface area contributed by atoms with E-state index in [1.807, 2.05) is 49.5 Å². The molecule has 1 N–H and O–H groups in total. The third-order valence-electron chi connectivity index (χ3n) is 5.04. The molecule has 0 radical (unpaired) electrons. The second kappa shape index (κ2) is 5.77. The van der Waals surface area contributed by atoms with Crippen LogP contribution in [0.5, 0.6) is 0 Å². The first kappa shape index (κ1) is 15.8. The molecule has 0 unspecified atom stereocenters. The molecule has 4 aromatic rings. The summed E-state index contributed by atoms with van der Waals surface area (Å²) in [6, 6.07) is 12.6. The molecular weight excluding hydrogens is 334 g/mol. The summed E-state index contributed by atoms with van der Waals surface area (Å²) >= 11 is 0. The van der Waals surface area contributed by atoms with E-state index in [-0.39, 0.29) is 6.97 Å². The average Bonchev–Trinajstić information content (AvgIpc) is 3.33. The quantitative estimate of drug-likeness (QED) is 0.549. The molecule has 5 heteroatoms. The topological polar surface area (TPSA) is 55.6 Å². The maximum atomic E-state index is 4.61. The van der Waals surface area contributed by atoms with Gasteiger partial charge in [0.15, 0.2) is 0 Å². The Morgan fingerprint density at radius 3 is 2.63 bits per heavy atom. The number of pyridine rings is 2. The van der Waals surface area contributed by atoms with Crippen molar-refractivity contribution in [2.45, 2.75) is 12.5 Å². The van der Waals surface area contributed by atoms with E-state index in [4.69, 9.17) is 0 Å². The van der Waals surface area contributed by atoms with E-state index in [9.17, 15) is 0 Å². The molecule has 0 saturated carbocycles. The molecule has 3 aromatic heterocycles. The number of aromatic nitrogens is 4. The van der Waals surface area contributed by atoms with Crippen molar-refractivity contribution in [1.82, 2.24) is 19.5 Å². The zero-order valence-electron chi connectivity index (χ0n) is 15.2. The first-order valence-electron chi connectivity index (χ1n) is 8.91. The van der Waals surface area contributed by atoms with Gasteiger partial charge in [-0.1, -0.05) is 24.3 Å². The van der Waals surface area contributed by atoms with E-state index < -0.39 is 0 Å².